The summed E-state index contributed by atoms with van der Waals surface area (Å²) in [5.74, 6) is -1.27. The molecule has 0 fully saturated rings. The van der Waals surface area contributed by atoms with E-state index in [0.717, 1.165) is 0 Å². The number of nitrogens with zero attached hydrogens (tertiary/aromatic N) is 1. The molecule has 0 aromatic heterocycles. The number of benzene rings is 2. The molecule has 3 N–H and O–H groups in total. The third kappa shape index (κ3) is 6.53. The van der Waals surface area contributed by atoms with Gasteiger partial charge >= 0.3 is 0 Å². The van der Waals surface area contributed by atoms with Crippen molar-refractivity contribution in [3.8, 4) is 0 Å². The molecule has 10 heteroatoms. The molecule has 0 heterocycles. The minimum Gasteiger partial charge on any atom is -0.376 e. The van der Waals surface area contributed by atoms with E-state index in [9.17, 15) is 22.4 Å². The van der Waals surface area contributed by atoms with E-state index in [-0.39, 0.29) is 24.0 Å². The fourth-order valence-electron chi connectivity index (χ4n) is 2.35. The Labute approximate surface area is 175 Å². The van der Waals surface area contributed by atoms with E-state index in [0.29, 0.717) is 11.4 Å². The lowest BCUT2D eigenvalue weighted by atomic mass is 10.3. The molecule has 2 aromatic rings. The predicted octanol–water partition coefficient (Wildman–Crippen LogP) is 2.02. The Morgan fingerprint density at radius 2 is 1.50 bits per heavy atom. The number of carbonyl (C=O) groups is 2. The highest BCUT2D eigenvalue weighted by Gasteiger charge is 2.22. The van der Waals surface area contributed by atoms with Gasteiger partial charge < -0.3 is 16.0 Å². The third-order valence-electron chi connectivity index (χ3n) is 4.29. The number of hydrogen-bond acceptors (Lipinski definition) is 5. The number of halogens is 1. The molecule has 0 aliphatic heterocycles. The molecule has 0 aliphatic rings. The Kier molecular flexibility index (Phi) is 7.90. The highest BCUT2D eigenvalue weighted by Crippen LogP contribution is 2.18. The Bertz CT molecular complexity index is 977. The van der Waals surface area contributed by atoms with Crippen molar-refractivity contribution in [1.29, 1.82) is 0 Å². The van der Waals surface area contributed by atoms with Gasteiger partial charge in [-0.25, -0.2) is 12.8 Å². The zero-order chi connectivity index (χ0) is 22.3. The lowest BCUT2D eigenvalue weighted by molar-refractivity contribution is -0.122. The molecule has 0 saturated heterocycles. The van der Waals surface area contributed by atoms with Crippen molar-refractivity contribution in [2.45, 2.75) is 24.8 Å². The molecule has 2 aromatic carbocycles. The Morgan fingerprint density at radius 1 is 0.933 bits per heavy atom. The molecule has 0 spiro atoms. The normalized spacial score (nSPS) is 11.4. The minimum atomic E-state index is -3.57. The fraction of sp³-hybridized carbons (Fsp3) is 0.300. The average molecular weight is 437 g/mol. The monoisotopic (exact) mass is 436 g/mol. The summed E-state index contributed by atoms with van der Waals surface area (Å²) in [5, 5.41) is 7.85. The van der Waals surface area contributed by atoms with E-state index >= 15 is 0 Å². The molecule has 162 valence electrons. The van der Waals surface area contributed by atoms with Crippen LogP contribution in [0.4, 0.5) is 15.8 Å². The van der Waals surface area contributed by atoms with Crippen molar-refractivity contribution < 1.29 is 22.4 Å². The lowest BCUT2D eigenvalue weighted by Crippen LogP contribution is -2.36. The van der Waals surface area contributed by atoms with Gasteiger partial charge in [-0.15, -0.1) is 0 Å². The van der Waals surface area contributed by atoms with Gasteiger partial charge in [-0.05, 0) is 62.4 Å². The summed E-state index contributed by atoms with van der Waals surface area (Å²) < 4.78 is 39.0. The molecule has 0 atom stereocenters. The maximum Gasteiger partial charge on any atom is 0.243 e. The van der Waals surface area contributed by atoms with Crippen LogP contribution in [-0.4, -0.2) is 50.7 Å². The zero-order valence-electron chi connectivity index (χ0n) is 17.0. The van der Waals surface area contributed by atoms with E-state index in [1.807, 2.05) is 0 Å². The molecular weight excluding hydrogens is 411 g/mol. The maximum atomic E-state index is 12.8. The SMILES string of the molecule is CC(C)N(C)S(=O)(=O)c1ccc(NCC(=O)NCC(=O)Nc2ccc(F)cc2)cc1. The molecule has 0 aliphatic carbocycles. The number of nitrogens with one attached hydrogen (secondary N) is 3. The number of sulfonamides is 1. The summed E-state index contributed by atoms with van der Waals surface area (Å²) in [6.45, 7) is 3.23. The van der Waals surface area contributed by atoms with Crippen molar-refractivity contribution in [1.82, 2.24) is 9.62 Å². The van der Waals surface area contributed by atoms with Crippen LogP contribution in [0.2, 0.25) is 0 Å². The number of rotatable bonds is 9. The second-order valence-electron chi connectivity index (χ2n) is 6.82. The first-order valence-electron chi connectivity index (χ1n) is 9.23. The lowest BCUT2D eigenvalue weighted by Gasteiger charge is -2.21. The highest BCUT2D eigenvalue weighted by molar-refractivity contribution is 7.89. The van der Waals surface area contributed by atoms with Gasteiger partial charge in [0, 0.05) is 24.5 Å². The van der Waals surface area contributed by atoms with Gasteiger partial charge in [0.25, 0.3) is 0 Å². The number of hydrogen-bond donors (Lipinski definition) is 3. The van der Waals surface area contributed by atoms with Crippen molar-refractivity contribution in [2.75, 3.05) is 30.8 Å². The first-order valence-corrected chi connectivity index (χ1v) is 10.7. The van der Waals surface area contributed by atoms with Gasteiger partial charge in [-0.1, -0.05) is 0 Å². The van der Waals surface area contributed by atoms with Crippen LogP contribution in [0.1, 0.15) is 13.8 Å². The number of carbonyl (C=O) groups excluding carboxylic acids is 2. The van der Waals surface area contributed by atoms with Gasteiger partial charge in [0.05, 0.1) is 18.0 Å². The Hall–Kier alpha value is -2.98. The topological polar surface area (TPSA) is 108 Å². The zero-order valence-corrected chi connectivity index (χ0v) is 17.8. The van der Waals surface area contributed by atoms with Gasteiger partial charge in [-0.3, -0.25) is 9.59 Å². The molecule has 2 amide bonds. The predicted molar refractivity (Wildman–Crippen MR) is 113 cm³/mol. The van der Waals surface area contributed by atoms with E-state index < -0.39 is 27.7 Å². The van der Waals surface area contributed by atoms with Gasteiger partial charge in [0.1, 0.15) is 5.82 Å². The molecule has 0 radical (unpaired) electrons. The second-order valence-corrected chi connectivity index (χ2v) is 8.82. The second kappa shape index (κ2) is 10.2. The Morgan fingerprint density at radius 3 is 2.07 bits per heavy atom. The molecule has 8 nitrogen and oxygen atoms in total. The van der Waals surface area contributed by atoms with Crippen molar-refractivity contribution >= 4 is 33.2 Å². The minimum absolute atomic E-state index is 0.0954. The highest BCUT2D eigenvalue weighted by atomic mass is 32.2. The molecule has 0 bridgehead atoms. The first kappa shape index (κ1) is 23.3. The number of amides is 2. The first-order chi connectivity index (χ1) is 14.1. The summed E-state index contributed by atoms with van der Waals surface area (Å²) in [6, 6.07) is 11.2. The van der Waals surface area contributed by atoms with Crippen molar-refractivity contribution in [3.05, 3.63) is 54.3 Å². The summed E-state index contributed by atoms with van der Waals surface area (Å²) in [5.41, 5.74) is 0.985. The summed E-state index contributed by atoms with van der Waals surface area (Å²) in [4.78, 5) is 23.9. The van der Waals surface area contributed by atoms with Crippen LogP contribution in [0.25, 0.3) is 0 Å². The number of anilines is 2. The standard InChI is InChI=1S/C20H25FN4O4S/c1-14(2)25(3)30(28,29)18-10-8-16(9-11-18)22-12-19(26)23-13-20(27)24-17-6-4-15(21)5-7-17/h4-11,14,22H,12-13H2,1-3H3,(H,23,26)(H,24,27). The summed E-state index contributed by atoms with van der Waals surface area (Å²) >= 11 is 0. The fourth-order valence-corrected chi connectivity index (χ4v) is 3.72. The van der Waals surface area contributed by atoms with Gasteiger partial charge in [-0.2, -0.15) is 4.31 Å². The molecule has 0 saturated carbocycles. The smallest absolute Gasteiger partial charge is 0.243 e. The van der Waals surface area contributed by atoms with Crippen LogP contribution in [0.3, 0.4) is 0 Å². The van der Waals surface area contributed by atoms with Crippen molar-refractivity contribution in [3.63, 3.8) is 0 Å². The third-order valence-corrected chi connectivity index (χ3v) is 6.33. The van der Waals surface area contributed by atoms with Gasteiger partial charge in [0.2, 0.25) is 21.8 Å². The summed E-state index contributed by atoms with van der Waals surface area (Å²) in [6.07, 6.45) is 0. The van der Waals surface area contributed by atoms with Crippen LogP contribution in [-0.2, 0) is 19.6 Å². The van der Waals surface area contributed by atoms with E-state index in [1.165, 1.54) is 47.8 Å². The molecule has 30 heavy (non-hydrogen) atoms. The Balaban J connectivity index is 1.80. The van der Waals surface area contributed by atoms with E-state index in [4.69, 9.17) is 0 Å². The van der Waals surface area contributed by atoms with E-state index in [1.54, 1.807) is 26.0 Å². The average Bonchev–Trinajstić information content (AvgIpc) is 2.72. The van der Waals surface area contributed by atoms with Crippen LogP contribution >= 0.6 is 0 Å². The maximum absolute atomic E-state index is 12.8. The molecule has 0 unspecified atom stereocenters. The van der Waals surface area contributed by atoms with Crippen LogP contribution in [0, 0.1) is 5.82 Å². The quantitative estimate of drug-likeness (QED) is 0.558. The summed E-state index contributed by atoms with van der Waals surface area (Å²) in [7, 11) is -2.06. The largest absolute Gasteiger partial charge is 0.376 e. The molecular formula is C20H25FN4O4S. The van der Waals surface area contributed by atoms with E-state index in [2.05, 4.69) is 16.0 Å². The molecule has 2 rings (SSSR count). The van der Waals surface area contributed by atoms with Crippen molar-refractivity contribution in [2.24, 2.45) is 0 Å². The van der Waals surface area contributed by atoms with Crippen LogP contribution in [0.15, 0.2) is 53.4 Å². The van der Waals surface area contributed by atoms with Crippen LogP contribution < -0.4 is 16.0 Å². The van der Waals surface area contributed by atoms with Gasteiger partial charge in [0.15, 0.2) is 0 Å². The van der Waals surface area contributed by atoms with Crippen LogP contribution in [0.5, 0.6) is 0 Å².